The highest BCUT2D eigenvalue weighted by Crippen LogP contribution is 2.29. The zero-order valence-corrected chi connectivity index (χ0v) is 14.1. The molecule has 1 aromatic carbocycles. The van der Waals surface area contributed by atoms with E-state index in [2.05, 4.69) is 20.6 Å². The van der Waals surface area contributed by atoms with Crippen LogP contribution in [0.2, 0.25) is 0 Å². The molecule has 0 saturated heterocycles. The zero-order chi connectivity index (χ0) is 17.4. The number of carbonyl (C=O) groups excluding carboxylic acids is 1. The Bertz CT molecular complexity index is 1030. The Morgan fingerprint density at radius 3 is 2.84 bits per heavy atom. The Balaban J connectivity index is 1.64. The van der Waals surface area contributed by atoms with Crippen LogP contribution in [0.3, 0.4) is 0 Å². The minimum Gasteiger partial charge on any atom is -0.306 e. The lowest BCUT2D eigenvalue weighted by molar-refractivity contribution is 0.103. The number of anilines is 1. The molecule has 0 aliphatic carbocycles. The number of hydrogen-bond donors (Lipinski definition) is 2. The SMILES string of the molecule is Cc1nn(Cc2ccc(F)cc2)c2sc(C(=O)Nc3ccn[nH]3)cc12. The fraction of sp³-hybridized carbons (Fsp3) is 0.118. The highest BCUT2D eigenvalue weighted by atomic mass is 32.1. The van der Waals surface area contributed by atoms with Crippen molar-refractivity contribution in [3.05, 3.63) is 64.5 Å². The molecule has 25 heavy (non-hydrogen) atoms. The first-order valence-electron chi connectivity index (χ1n) is 7.62. The van der Waals surface area contributed by atoms with Gasteiger partial charge in [-0.15, -0.1) is 11.3 Å². The summed E-state index contributed by atoms with van der Waals surface area (Å²) in [6.45, 7) is 2.43. The van der Waals surface area contributed by atoms with Crippen molar-refractivity contribution in [3.63, 3.8) is 0 Å². The number of halogens is 1. The Morgan fingerprint density at radius 1 is 1.32 bits per heavy atom. The van der Waals surface area contributed by atoms with Crippen LogP contribution in [0.1, 0.15) is 20.9 Å². The summed E-state index contributed by atoms with van der Waals surface area (Å²) in [5.41, 5.74) is 1.80. The summed E-state index contributed by atoms with van der Waals surface area (Å²) in [5, 5.41) is 14.7. The third kappa shape index (κ3) is 3.03. The molecule has 0 aliphatic rings. The Hall–Kier alpha value is -3.00. The molecule has 0 bridgehead atoms. The minimum atomic E-state index is -0.264. The number of amides is 1. The maximum Gasteiger partial charge on any atom is 0.266 e. The molecular weight excluding hydrogens is 341 g/mol. The first-order chi connectivity index (χ1) is 12.1. The topological polar surface area (TPSA) is 75.6 Å². The standard InChI is InChI=1S/C17H14FN5OS/c1-10-13-8-14(16(24)20-15-6-7-19-21-15)25-17(13)23(22-10)9-11-2-4-12(18)5-3-11/h2-8H,9H2,1H3,(H2,19,20,21,24). The van der Waals surface area contributed by atoms with Crippen LogP contribution >= 0.6 is 11.3 Å². The van der Waals surface area contributed by atoms with Gasteiger partial charge in [0.05, 0.1) is 23.3 Å². The number of benzene rings is 1. The van der Waals surface area contributed by atoms with Gasteiger partial charge in [-0.2, -0.15) is 10.2 Å². The molecule has 4 rings (SSSR count). The number of nitrogens with zero attached hydrogens (tertiary/aromatic N) is 3. The van der Waals surface area contributed by atoms with E-state index in [0.29, 0.717) is 17.2 Å². The van der Waals surface area contributed by atoms with E-state index in [1.54, 1.807) is 24.4 Å². The number of aryl methyl sites for hydroxylation is 1. The average Bonchev–Trinajstić information content (AvgIpc) is 3.29. The van der Waals surface area contributed by atoms with Crippen LogP contribution in [0, 0.1) is 12.7 Å². The van der Waals surface area contributed by atoms with Gasteiger partial charge in [0.1, 0.15) is 16.5 Å². The van der Waals surface area contributed by atoms with E-state index in [1.807, 2.05) is 17.7 Å². The van der Waals surface area contributed by atoms with Crippen molar-refractivity contribution in [1.82, 2.24) is 20.0 Å². The summed E-state index contributed by atoms with van der Waals surface area (Å²) in [4.78, 5) is 13.9. The molecule has 126 valence electrons. The number of hydrogen-bond acceptors (Lipinski definition) is 4. The van der Waals surface area contributed by atoms with Gasteiger partial charge in [0, 0.05) is 11.5 Å². The molecule has 2 N–H and O–H groups in total. The van der Waals surface area contributed by atoms with Crippen LogP contribution in [-0.2, 0) is 6.54 Å². The number of rotatable bonds is 4. The fourth-order valence-corrected chi connectivity index (χ4v) is 3.66. The molecule has 1 amide bonds. The van der Waals surface area contributed by atoms with Gasteiger partial charge in [-0.05, 0) is 30.7 Å². The number of fused-ring (bicyclic) bond motifs is 1. The average molecular weight is 355 g/mol. The van der Waals surface area contributed by atoms with E-state index in [0.717, 1.165) is 21.5 Å². The second-order valence-electron chi connectivity index (χ2n) is 5.62. The van der Waals surface area contributed by atoms with Gasteiger partial charge in [-0.1, -0.05) is 12.1 Å². The van der Waals surface area contributed by atoms with Crippen LogP contribution in [0.15, 0.2) is 42.6 Å². The molecule has 0 spiro atoms. The minimum absolute atomic E-state index is 0.196. The highest BCUT2D eigenvalue weighted by molar-refractivity contribution is 7.20. The van der Waals surface area contributed by atoms with E-state index in [4.69, 9.17) is 0 Å². The molecule has 3 aromatic heterocycles. The van der Waals surface area contributed by atoms with Gasteiger partial charge in [0.15, 0.2) is 0 Å². The zero-order valence-electron chi connectivity index (χ0n) is 13.3. The van der Waals surface area contributed by atoms with Crippen molar-refractivity contribution in [2.45, 2.75) is 13.5 Å². The third-order valence-corrected chi connectivity index (χ3v) is 4.97. The normalized spacial score (nSPS) is 11.1. The van der Waals surface area contributed by atoms with Gasteiger partial charge in [-0.3, -0.25) is 14.6 Å². The molecule has 3 heterocycles. The molecule has 0 unspecified atom stereocenters. The van der Waals surface area contributed by atoms with Gasteiger partial charge < -0.3 is 5.32 Å². The van der Waals surface area contributed by atoms with E-state index in [9.17, 15) is 9.18 Å². The van der Waals surface area contributed by atoms with Crippen LogP contribution < -0.4 is 5.32 Å². The molecule has 0 aliphatic heterocycles. The summed E-state index contributed by atoms with van der Waals surface area (Å²) in [7, 11) is 0. The smallest absolute Gasteiger partial charge is 0.266 e. The van der Waals surface area contributed by atoms with Crippen molar-refractivity contribution < 1.29 is 9.18 Å². The summed E-state index contributed by atoms with van der Waals surface area (Å²) in [6, 6.07) is 9.86. The van der Waals surface area contributed by atoms with E-state index in [-0.39, 0.29) is 11.7 Å². The number of aromatic amines is 1. The molecule has 0 atom stereocenters. The number of carbonyl (C=O) groups is 1. The van der Waals surface area contributed by atoms with Gasteiger partial charge in [-0.25, -0.2) is 4.39 Å². The second-order valence-corrected chi connectivity index (χ2v) is 6.65. The molecule has 0 saturated carbocycles. The predicted molar refractivity (Wildman–Crippen MR) is 94.4 cm³/mol. The quantitative estimate of drug-likeness (QED) is 0.588. The predicted octanol–water partition coefficient (Wildman–Crippen LogP) is 3.57. The van der Waals surface area contributed by atoms with Crippen LogP contribution in [0.5, 0.6) is 0 Å². The van der Waals surface area contributed by atoms with Gasteiger partial charge in [0.2, 0.25) is 0 Å². The van der Waals surface area contributed by atoms with Crippen molar-refractivity contribution in [3.8, 4) is 0 Å². The summed E-state index contributed by atoms with van der Waals surface area (Å²) in [6.07, 6.45) is 1.57. The van der Waals surface area contributed by atoms with Crippen molar-refractivity contribution in [2.75, 3.05) is 5.32 Å². The number of H-pyrrole nitrogens is 1. The monoisotopic (exact) mass is 355 g/mol. The van der Waals surface area contributed by atoms with Crippen LogP contribution in [0.4, 0.5) is 10.2 Å². The Kier molecular flexibility index (Phi) is 3.81. The summed E-state index contributed by atoms with van der Waals surface area (Å²) < 4.78 is 14.9. The van der Waals surface area contributed by atoms with E-state index >= 15 is 0 Å². The summed E-state index contributed by atoms with van der Waals surface area (Å²) in [5.74, 6) is 0.0877. The fourth-order valence-electron chi connectivity index (χ4n) is 2.60. The largest absolute Gasteiger partial charge is 0.306 e. The molecule has 4 aromatic rings. The maximum absolute atomic E-state index is 13.1. The lowest BCUT2D eigenvalue weighted by Gasteiger charge is -2.03. The molecule has 0 fully saturated rings. The molecular formula is C17H14FN5OS. The van der Waals surface area contributed by atoms with Gasteiger partial charge >= 0.3 is 0 Å². The van der Waals surface area contributed by atoms with Gasteiger partial charge in [0.25, 0.3) is 5.91 Å². The van der Waals surface area contributed by atoms with Crippen molar-refractivity contribution >= 4 is 33.3 Å². The van der Waals surface area contributed by atoms with Crippen LogP contribution in [-0.4, -0.2) is 25.9 Å². The molecule has 8 heteroatoms. The second kappa shape index (κ2) is 6.14. The van der Waals surface area contributed by atoms with E-state index in [1.165, 1.54) is 23.5 Å². The molecule has 0 radical (unpaired) electrons. The highest BCUT2D eigenvalue weighted by Gasteiger charge is 2.17. The third-order valence-electron chi connectivity index (χ3n) is 3.83. The first kappa shape index (κ1) is 15.5. The molecule has 6 nitrogen and oxygen atoms in total. The lowest BCUT2D eigenvalue weighted by Crippen LogP contribution is -2.10. The number of nitrogens with one attached hydrogen (secondary N) is 2. The lowest BCUT2D eigenvalue weighted by atomic mass is 10.2. The number of thiophene rings is 1. The number of aromatic nitrogens is 4. The maximum atomic E-state index is 13.1. The van der Waals surface area contributed by atoms with E-state index < -0.39 is 0 Å². The van der Waals surface area contributed by atoms with Crippen molar-refractivity contribution in [2.24, 2.45) is 0 Å². The summed E-state index contributed by atoms with van der Waals surface area (Å²) >= 11 is 1.38. The van der Waals surface area contributed by atoms with Crippen LogP contribution in [0.25, 0.3) is 10.2 Å². The first-order valence-corrected chi connectivity index (χ1v) is 8.44. The van der Waals surface area contributed by atoms with Crippen molar-refractivity contribution in [1.29, 1.82) is 0 Å². The Labute approximate surface area is 146 Å². The Morgan fingerprint density at radius 2 is 2.12 bits per heavy atom.